The van der Waals surface area contributed by atoms with Gasteiger partial charge in [-0.3, -0.25) is 4.90 Å². The van der Waals surface area contributed by atoms with Gasteiger partial charge in [-0.15, -0.1) is 0 Å². The number of methoxy groups -OCH3 is 1. The summed E-state index contributed by atoms with van der Waals surface area (Å²) >= 11 is 0. The van der Waals surface area contributed by atoms with Gasteiger partial charge in [0.25, 0.3) is 0 Å². The van der Waals surface area contributed by atoms with Crippen molar-refractivity contribution in [1.29, 1.82) is 0 Å². The third kappa shape index (κ3) is 3.74. The fraction of sp³-hybridized carbons (Fsp3) is 0.647. The van der Waals surface area contributed by atoms with Crippen LogP contribution < -0.4 is 10.5 Å². The SMILES string of the molecule is CCc1cc(OC)ccc1CN1CCC(C(C)N)CC1. The summed E-state index contributed by atoms with van der Waals surface area (Å²) in [4.78, 5) is 2.56. The highest BCUT2D eigenvalue weighted by atomic mass is 16.5. The lowest BCUT2D eigenvalue weighted by atomic mass is 9.90. The molecule has 0 aromatic heterocycles. The van der Waals surface area contributed by atoms with E-state index in [1.54, 1.807) is 7.11 Å². The molecule has 1 aromatic carbocycles. The molecule has 1 fully saturated rings. The summed E-state index contributed by atoms with van der Waals surface area (Å²) in [6.07, 6.45) is 3.52. The van der Waals surface area contributed by atoms with Crippen LogP contribution in [0.25, 0.3) is 0 Å². The van der Waals surface area contributed by atoms with Crippen LogP contribution in [-0.2, 0) is 13.0 Å². The topological polar surface area (TPSA) is 38.5 Å². The van der Waals surface area contributed by atoms with Crippen LogP contribution in [0, 0.1) is 5.92 Å². The van der Waals surface area contributed by atoms with Crippen molar-refractivity contribution in [2.45, 2.75) is 45.7 Å². The average molecular weight is 276 g/mol. The van der Waals surface area contributed by atoms with E-state index in [-0.39, 0.29) is 0 Å². The maximum absolute atomic E-state index is 6.01. The van der Waals surface area contributed by atoms with E-state index in [1.165, 1.54) is 37.1 Å². The first kappa shape index (κ1) is 15.3. The number of hydrogen-bond acceptors (Lipinski definition) is 3. The monoisotopic (exact) mass is 276 g/mol. The Balaban J connectivity index is 1.97. The van der Waals surface area contributed by atoms with Crippen molar-refractivity contribution in [1.82, 2.24) is 4.90 Å². The third-order valence-electron chi connectivity index (χ3n) is 4.56. The molecule has 1 atom stereocenters. The molecule has 2 rings (SSSR count). The number of likely N-dealkylation sites (tertiary alicyclic amines) is 1. The summed E-state index contributed by atoms with van der Waals surface area (Å²) in [5.41, 5.74) is 8.85. The molecule has 0 saturated carbocycles. The van der Waals surface area contributed by atoms with Crippen molar-refractivity contribution in [3.8, 4) is 5.75 Å². The number of nitrogens with two attached hydrogens (primary N) is 1. The van der Waals surface area contributed by atoms with E-state index < -0.39 is 0 Å². The van der Waals surface area contributed by atoms with E-state index in [0.29, 0.717) is 12.0 Å². The second kappa shape index (κ2) is 7.09. The van der Waals surface area contributed by atoms with E-state index in [0.717, 1.165) is 18.7 Å². The molecule has 20 heavy (non-hydrogen) atoms. The number of hydrogen-bond donors (Lipinski definition) is 1. The molecule has 3 nitrogen and oxygen atoms in total. The predicted octanol–water partition coefficient (Wildman–Crippen LogP) is 2.82. The first-order chi connectivity index (χ1) is 9.63. The standard InChI is InChI=1S/C17H28N2O/c1-4-14-11-17(20-3)6-5-16(14)12-19-9-7-15(8-10-19)13(2)18/h5-6,11,13,15H,4,7-10,12,18H2,1-3H3. The van der Waals surface area contributed by atoms with Crippen molar-refractivity contribution in [3.05, 3.63) is 29.3 Å². The second-order valence-electron chi connectivity index (χ2n) is 5.96. The van der Waals surface area contributed by atoms with E-state index in [1.807, 2.05) is 0 Å². The van der Waals surface area contributed by atoms with Crippen LogP contribution in [0.15, 0.2) is 18.2 Å². The van der Waals surface area contributed by atoms with Gasteiger partial charge >= 0.3 is 0 Å². The summed E-state index contributed by atoms with van der Waals surface area (Å²) in [5.74, 6) is 1.66. The minimum Gasteiger partial charge on any atom is -0.497 e. The Morgan fingerprint density at radius 2 is 2.00 bits per heavy atom. The largest absolute Gasteiger partial charge is 0.497 e. The van der Waals surface area contributed by atoms with Gasteiger partial charge in [-0.2, -0.15) is 0 Å². The zero-order chi connectivity index (χ0) is 14.5. The summed E-state index contributed by atoms with van der Waals surface area (Å²) in [5, 5.41) is 0. The summed E-state index contributed by atoms with van der Waals surface area (Å²) in [7, 11) is 1.73. The Morgan fingerprint density at radius 1 is 1.30 bits per heavy atom. The summed E-state index contributed by atoms with van der Waals surface area (Å²) in [6, 6.07) is 6.80. The van der Waals surface area contributed by atoms with Gasteiger partial charge in [0.1, 0.15) is 5.75 Å². The van der Waals surface area contributed by atoms with Gasteiger partial charge in [-0.25, -0.2) is 0 Å². The molecule has 0 aliphatic carbocycles. The van der Waals surface area contributed by atoms with Gasteiger partial charge in [0.05, 0.1) is 7.11 Å². The average Bonchev–Trinajstić information content (AvgIpc) is 2.48. The van der Waals surface area contributed by atoms with Crippen molar-refractivity contribution in [2.75, 3.05) is 20.2 Å². The highest BCUT2D eigenvalue weighted by Gasteiger charge is 2.22. The highest BCUT2D eigenvalue weighted by molar-refractivity contribution is 5.35. The minimum absolute atomic E-state index is 0.337. The Kier molecular flexibility index (Phi) is 5.44. The molecular weight excluding hydrogens is 248 g/mol. The predicted molar refractivity (Wildman–Crippen MR) is 84.0 cm³/mol. The van der Waals surface area contributed by atoms with E-state index in [9.17, 15) is 0 Å². The quantitative estimate of drug-likeness (QED) is 0.898. The summed E-state index contributed by atoms with van der Waals surface area (Å²) < 4.78 is 5.31. The van der Waals surface area contributed by atoms with Crippen molar-refractivity contribution in [3.63, 3.8) is 0 Å². The molecule has 1 aliphatic rings. The van der Waals surface area contributed by atoms with Gasteiger partial charge in [-0.05, 0) is 68.5 Å². The van der Waals surface area contributed by atoms with Crippen LogP contribution in [0.3, 0.4) is 0 Å². The van der Waals surface area contributed by atoms with Crippen molar-refractivity contribution >= 4 is 0 Å². The lowest BCUT2D eigenvalue weighted by Gasteiger charge is -2.34. The maximum Gasteiger partial charge on any atom is 0.119 e. The van der Waals surface area contributed by atoms with Crippen LogP contribution in [0.4, 0.5) is 0 Å². The molecule has 112 valence electrons. The van der Waals surface area contributed by atoms with Gasteiger partial charge < -0.3 is 10.5 Å². The molecule has 1 heterocycles. The van der Waals surface area contributed by atoms with Crippen LogP contribution in [-0.4, -0.2) is 31.1 Å². The smallest absolute Gasteiger partial charge is 0.119 e. The number of nitrogens with zero attached hydrogens (tertiary/aromatic N) is 1. The fourth-order valence-corrected chi connectivity index (χ4v) is 3.09. The van der Waals surface area contributed by atoms with E-state index in [4.69, 9.17) is 10.5 Å². The molecule has 0 bridgehead atoms. The van der Waals surface area contributed by atoms with Gasteiger partial charge in [0.15, 0.2) is 0 Å². The minimum atomic E-state index is 0.337. The van der Waals surface area contributed by atoms with E-state index >= 15 is 0 Å². The Bertz CT molecular complexity index is 423. The second-order valence-corrected chi connectivity index (χ2v) is 5.96. The van der Waals surface area contributed by atoms with Crippen LogP contribution in [0.1, 0.15) is 37.8 Å². The van der Waals surface area contributed by atoms with Crippen LogP contribution in [0.5, 0.6) is 5.75 Å². The maximum atomic E-state index is 6.01. The van der Waals surface area contributed by atoms with E-state index in [2.05, 4.69) is 36.9 Å². The van der Waals surface area contributed by atoms with Crippen molar-refractivity contribution < 1.29 is 4.74 Å². The molecule has 0 spiro atoms. The molecule has 3 heteroatoms. The Morgan fingerprint density at radius 3 is 2.55 bits per heavy atom. The number of benzene rings is 1. The third-order valence-corrected chi connectivity index (χ3v) is 4.56. The molecule has 0 radical (unpaired) electrons. The van der Waals surface area contributed by atoms with Crippen LogP contribution >= 0.6 is 0 Å². The molecular formula is C17H28N2O. The molecule has 2 N–H and O–H groups in total. The van der Waals surface area contributed by atoms with Gasteiger partial charge in [0, 0.05) is 12.6 Å². The molecule has 1 saturated heterocycles. The number of piperidine rings is 1. The number of aryl methyl sites for hydroxylation is 1. The first-order valence-electron chi connectivity index (χ1n) is 7.77. The molecule has 0 amide bonds. The normalized spacial score (nSPS) is 19.0. The van der Waals surface area contributed by atoms with Crippen molar-refractivity contribution in [2.24, 2.45) is 11.7 Å². The molecule has 1 aliphatic heterocycles. The first-order valence-corrected chi connectivity index (χ1v) is 7.77. The number of rotatable bonds is 5. The number of ether oxygens (including phenoxy) is 1. The van der Waals surface area contributed by atoms with Gasteiger partial charge in [-0.1, -0.05) is 13.0 Å². The Hall–Kier alpha value is -1.06. The van der Waals surface area contributed by atoms with Crippen LogP contribution in [0.2, 0.25) is 0 Å². The molecule has 1 aromatic rings. The lowest BCUT2D eigenvalue weighted by molar-refractivity contribution is 0.165. The zero-order valence-electron chi connectivity index (χ0n) is 13.1. The van der Waals surface area contributed by atoms with Gasteiger partial charge in [0.2, 0.25) is 0 Å². The fourth-order valence-electron chi connectivity index (χ4n) is 3.09. The highest BCUT2D eigenvalue weighted by Crippen LogP contribution is 2.24. The molecule has 1 unspecified atom stereocenters. The zero-order valence-corrected chi connectivity index (χ0v) is 13.1. The Labute approximate surface area is 123 Å². The summed E-state index contributed by atoms with van der Waals surface area (Å²) in [6.45, 7) is 7.74. The lowest BCUT2D eigenvalue weighted by Crippen LogP contribution is -2.39.